The minimum Gasteiger partial charge on any atom is -0.392 e. The Kier molecular flexibility index (Phi) is 5.09. The molecule has 4 nitrogen and oxygen atoms in total. The fourth-order valence-electron chi connectivity index (χ4n) is 1.79. The molecule has 2 rings (SSSR count). The van der Waals surface area contributed by atoms with E-state index in [4.69, 9.17) is 9.84 Å². The number of hydrogen-bond acceptors (Lipinski definition) is 3. The van der Waals surface area contributed by atoms with Crippen molar-refractivity contribution >= 4 is 5.91 Å². The van der Waals surface area contributed by atoms with Crippen molar-refractivity contribution in [3.8, 4) is 0 Å². The first kappa shape index (κ1) is 14.9. The van der Waals surface area contributed by atoms with Gasteiger partial charge in [0.2, 0.25) is 0 Å². The molecule has 0 spiro atoms. The Labute approximate surface area is 117 Å². The number of aliphatic hydroxyl groups excluding tert-OH is 1. The van der Waals surface area contributed by atoms with Crippen LogP contribution in [-0.4, -0.2) is 30.3 Å². The van der Waals surface area contributed by atoms with E-state index in [0.29, 0.717) is 23.7 Å². The van der Waals surface area contributed by atoms with Crippen molar-refractivity contribution in [2.75, 3.05) is 13.2 Å². The second kappa shape index (κ2) is 6.81. The molecule has 20 heavy (non-hydrogen) atoms. The highest BCUT2D eigenvalue weighted by atomic mass is 19.1. The van der Waals surface area contributed by atoms with Crippen LogP contribution in [-0.2, 0) is 11.3 Å². The van der Waals surface area contributed by atoms with Crippen molar-refractivity contribution in [2.24, 2.45) is 5.92 Å². The molecule has 0 saturated heterocycles. The molecule has 0 heterocycles. The number of carbonyl (C=O) groups excluding carboxylic acids is 1. The number of rotatable bonds is 7. The number of halogens is 1. The van der Waals surface area contributed by atoms with Crippen molar-refractivity contribution < 1.29 is 19.0 Å². The second-order valence-electron chi connectivity index (χ2n) is 5.32. The van der Waals surface area contributed by atoms with Crippen LogP contribution in [0.4, 0.5) is 4.39 Å². The van der Waals surface area contributed by atoms with Gasteiger partial charge in [0.05, 0.1) is 12.7 Å². The van der Waals surface area contributed by atoms with Gasteiger partial charge in [-0.1, -0.05) is 0 Å². The number of ether oxygens (including phenoxy) is 1. The van der Waals surface area contributed by atoms with Crippen molar-refractivity contribution in [3.05, 3.63) is 35.1 Å². The van der Waals surface area contributed by atoms with E-state index in [-0.39, 0.29) is 24.9 Å². The molecule has 1 amide bonds. The minimum absolute atomic E-state index is 0.170. The van der Waals surface area contributed by atoms with E-state index in [0.717, 1.165) is 0 Å². The smallest absolute Gasteiger partial charge is 0.251 e. The van der Waals surface area contributed by atoms with Gasteiger partial charge >= 0.3 is 0 Å². The third-order valence-corrected chi connectivity index (χ3v) is 3.17. The van der Waals surface area contributed by atoms with E-state index < -0.39 is 6.10 Å². The number of carbonyl (C=O) groups is 1. The molecule has 110 valence electrons. The van der Waals surface area contributed by atoms with Gasteiger partial charge in [-0.25, -0.2) is 4.39 Å². The first-order chi connectivity index (χ1) is 9.56. The Morgan fingerprint density at radius 2 is 2.30 bits per heavy atom. The molecule has 1 aliphatic carbocycles. The predicted octanol–water partition coefficient (Wildman–Crippen LogP) is 1.86. The quantitative estimate of drug-likeness (QED) is 0.802. The van der Waals surface area contributed by atoms with E-state index in [1.807, 2.05) is 0 Å². The Balaban J connectivity index is 1.93. The lowest BCUT2D eigenvalue weighted by Gasteiger charge is -2.09. The molecule has 0 aromatic heterocycles. The fourth-order valence-corrected chi connectivity index (χ4v) is 1.79. The summed E-state index contributed by atoms with van der Waals surface area (Å²) in [5, 5.41) is 11.7. The van der Waals surface area contributed by atoms with Gasteiger partial charge in [0, 0.05) is 24.3 Å². The molecule has 5 heteroatoms. The van der Waals surface area contributed by atoms with Crippen molar-refractivity contribution in [3.63, 3.8) is 0 Å². The molecule has 1 fully saturated rings. The largest absolute Gasteiger partial charge is 0.392 e. The minimum atomic E-state index is -0.610. The molecule has 2 N–H and O–H groups in total. The highest BCUT2D eigenvalue weighted by Crippen LogP contribution is 2.29. The lowest BCUT2D eigenvalue weighted by atomic mass is 10.1. The summed E-state index contributed by atoms with van der Waals surface area (Å²) in [5.41, 5.74) is 0.757. The molecule has 0 aliphatic heterocycles. The summed E-state index contributed by atoms with van der Waals surface area (Å²) in [6, 6.07) is 4.20. The van der Waals surface area contributed by atoms with Crippen LogP contribution in [0.1, 0.15) is 35.7 Å². The van der Waals surface area contributed by atoms with Crippen LogP contribution in [0.2, 0.25) is 0 Å². The molecular weight excluding hydrogens is 261 g/mol. The first-order valence-electron chi connectivity index (χ1n) is 6.88. The lowest BCUT2D eigenvalue weighted by Crippen LogP contribution is -2.30. The van der Waals surface area contributed by atoms with Crippen LogP contribution >= 0.6 is 0 Å². The molecule has 1 aromatic carbocycles. The van der Waals surface area contributed by atoms with Gasteiger partial charge in [-0.2, -0.15) is 0 Å². The zero-order chi connectivity index (χ0) is 14.5. The highest BCUT2D eigenvalue weighted by molar-refractivity contribution is 5.94. The van der Waals surface area contributed by atoms with Crippen LogP contribution < -0.4 is 5.32 Å². The number of benzene rings is 1. The number of amides is 1. The monoisotopic (exact) mass is 281 g/mol. The second-order valence-corrected chi connectivity index (χ2v) is 5.32. The number of nitrogens with one attached hydrogen (secondary N) is 1. The summed E-state index contributed by atoms with van der Waals surface area (Å²) in [5.74, 6) is -0.0715. The molecule has 1 aliphatic rings. The third kappa shape index (κ3) is 4.58. The van der Waals surface area contributed by atoms with Crippen LogP contribution in [0.15, 0.2) is 18.2 Å². The molecule has 0 radical (unpaired) electrons. The topological polar surface area (TPSA) is 58.6 Å². The van der Waals surface area contributed by atoms with Crippen LogP contribution in [0.3, 0.4) is 0 Å². The fraction of sp³-hybridized carbons (Fsp3) is 0.533. The van der Waals surface area contributed by atoms with E-state index in [9.17, 15) is 9.18 Å². The summed E-state index contributed by atoms with van der Waals surface area (Å²) < 4.78 is 19.1. The average molecular weight is 281 g/mol. The molecule has 1 atom stereocenters. The first-order valence-corrected chi connectivity index (χ1v) is 6.88. The number of hydrogen-bond donors (Lipinski definition) is 2. The third-order valence-electron chi connectivity index (χ3n) is 3.17. The van der Waals surface area contributed by atoms with Gasteiger partial charge in [0.15, 0.2) is 0 Å². The summed E-state index contributed by atoms with van der Waals surface area (Å²) in [7, 11) is 0. The van der Waals surface area contributed by atoms with Crippen molar-refractivity contribution in [2.45, 2.75) is 32.5 Å². The van der Waals surface area contributed by atoms with E-state index in [2.05, 4.69) is 5.32 Å². The zero-order valence-electron chi connectivity index (χ0n) is 11.6. The maximum absolute atomic E-state index is 13.6. The zero-order valence-corrected chi connectivity index (χ0v) is 11.6. The van der Waals surface area contributed by atoms with Crippen molar-refractivity contribution in [1.29, 1.82) is 0 Å². The van der Waals surface area contributed by atoms with Crippen LogP contribution in [0, 0.1) is 11.7 Å². The molecule has 0 bridgehead atoms. The summed E-state index contributed by atoms with van der Waals surface area (Å²) in [6.45, 7) is 2.59. The van der Waals surface area contributed by atoms with Gasteiger partial charge in [0.1, 0.15) is 5.82 Å². The molecular formula is C15H20FNO3. The maximum atomic E-state index is 13.6. The Hall–Kier alpha value is -1.46. The predicted molar refractivity (Wildman–Crippen MR) is 72.8 cm³/mol. The van der Waals surface area contributed by atoms with Gasteiger partial charge in [0.25, 0.3) is 5.91 Å². The highest BCUT2D eigenvalue weighted by Gasteiger charge is 2.21. The van der Waals surface area contributed by atoms with E-state index in [1.165, 1.54) is 31.0 Å². The Morgan fingerprint density at radius 3 is 2.95 bits per heavy atom. The molecule has 1 saturated carbocycles. The van der Waals surface area contributed by atoms with Crippen molar-refractivity contribution in [1.82, 2.24) is 5.32 Å². The average Bonchev–Trinajstić information content (AvgIpc) is 3.22. The van der Waals surface area contributed by atoms with Crippen LogP contribution in [0.5, 0.6) is 0 Å². The van der Waals surface area contributed by atoms with Gasteiger partial charge < -0.3 is 15.2 Å². The lowest BCUT2D eigenvalue weighted by molar-refractivity contribution is 0.0922. The Morgan fingerprint density at radius 1 is 1.55 bits per heavy atom. The SMILES string of the molecule is CC(O)CNC(=O)c1ccc(F)c(COCC2CC2)c1. The standard InChI is InChI=1S/C15H20FNO3/c1-10(18)7-17-15(19)12-4-5-14(16)13(6-12)9-20-8-11-2-3-11/h4-6,10-11,18H,2-3,7-9H2,1H3,(H,17,19). The van der Waals surface area contributed by atoms with E-state index >= 15 is 0 Å². The summed E-state index contributed by atoms with van der Waals surface area (Å²) in [4.78, 5) is 11.8. The summed E-state index contributed by atoms with van der Waals surface area (Å²) >= 11 is 0. The normalized spacial score (nSPS) is 15.9. The number of aliphatic hydroxyl groups is 1. The van der Waals surface area contributed by atoms with Gasteiger partial charge in [-0.05, 0) is 43.9 Å². The summed E-state index contributed by atoms with van der Waals surface area (Å²) in [6.07, 6.45) is 1.76. The Bertz CT molecular complexity index is 472. The molecule has 1 unspecified atom stereocenters. The maximum Gasteiger partial charge on any atom is 0.251 e. The van der Waals surface area contributed by atoms with Crippen LogP contribution in [0.25, 0.3) is 0 Å². The molecule has 1 aromatic rings. The van der Waals surface area contributed by atoms with E-state index in [1.54, 1.807) is 6.92 Å². The van der Waals surface area contributed by atoms with Gasteiger partial charge in [-0.15, -0.1) is 0 Å². The van der Waals surface area contributed by atoms with Gasteiger partial charge in [-0.3, -0.25) is 4.79 Å².